The number of alkyl halides is 3. The summed E-state index contributed by atoms with van der Waals surface area (Å²) < 4.78 is 37.2. The van der Waals surface area contributed by atoms with Crippen molar-refractivity contribution < 1.29 is 22.8 Å². The van der Waals surface area contributed by atoms with Gasteiger partial charge in [-0.3, -0.25) is 9.59 Å². The van der Waals surface area contributed by atoms with Crippen molar-refractivity contribution in [2.24, 2.45) is 0 Å². The predicted octanol–water partition coefficient (Wildman–Crippen LogP) is 4.03. The molecule has 0 aromatic heterocycles. The van der Waals surface area contributed by atoms with E-state index < -0.39 is 11.9 Å². The summed E-state index contributed by atoms with van der Waals surface area (Å²) in [6, 6.07) is 15.5. The molecule has 0 saturated heterocycles. The second-order valence-corrected chi connectivity index (χ2v) is 6.73. The minimum Gasteiger partial charge on any atom is -0.355 e. The van der Waals surface area contributed by atoms with E-state index >= 15 is 0 Å². The Bertz CT molecular complexity index is 767. The lowest BCUT2D eigenvalue weighted by atomic mass is 10.1. The number of amides is 2. The van der Waals surface area contributed by atoms with E-state index in [0.29, 0.717) is 22.3 Å². The van der Waals surface area contributed by atoms with Crippen LogP contribution in [-0.2, 0) is 16.0 Å². The van der Waals surface area contributed by atoms with Crippen molar-refractivity contribution in [3.05, 3.63) is 60.2 Å². The van der Waals surface area contributed by atoms with Gasteiger partial charge in [0.15, 0.2) is 0 Å². The van der Waals surface area contributed by atoms with Gasteiger partial charge in [0.25, 0.3) is 0 Å². The highest BCUT2D eigenvalue weighted by Gasteiger charge is 2.27. The number of para-hydroxylation sites is 1. The van der Waals surface area contributed by atoms with Crippen LogP contribution >= 0.6 is 11.8 Å². The Balaban J connectivity index is 1.78. The Morgan fingerprint density at radius 2 is 1.59 bits per heavy atom. The average molecular weight is 396 g/mol. The monoisotopic (exact) mass is 396 g/mol. The van der Waals surface area contributed by atoms with Crippen LogP contribution in [-0.4, -0.2) is 30.3 Å². The van der Waals surface area contributed by atoms with Gasteiger partial charge in [-0.2, -0.15) is 13.2 Å². The molecule has 2 aromatic carbocycles. The van der Waals surface area contributed by atoms with Crippen LogP contribution in [0.5, 0.6) is 0 Å². The van der Waals surface area contributed by atoms with Crippen molar-refractivity contribution in [1.82, 2.24) is 5.32 Å². The summed E-state index contributed by atoms with van der Waals surface area (Å²) in [4.78, 5) is 24.2. The van der Waals surface area contributed by atoms with Crippen molar-refractivity contribution in [1.29, 1.82) is 0 Å². The Morgan fingerprint density at radius 3 is 2.30 bits per heavy atom. The average Bonchev–Trinajstić information content (AvgIpc) is 2.61. The number of thioether (sulfide) groups is 1. The van der Waals surface area contributed by atoms with E-state index in [2.05, 4.69) is 10.6 Å². The van der Waals surface area contributed by atoms with Crippen molar-refractivity contribution in [2.45, 2.75) is 23.9 Å². The standard InChI is InChI=1S/C19H19F3N2O2S/c20-19(21,22)13-27-16-9-5-4-8-15(16)24-17(25)10-11-23-18(26)12-14-6-2-1-3-7-14/h1-9H,10-13H2,(H,23,26)(H,24,25). The molecule has 2 N–H and O–H groups in total. The number of hydrogen-bond donors (Lipinski definition) is 2. The molecule has 0 unspecified atom stereocenters. The lowest BCUT2D eigenvalue weighted by Crippen LogP contribution is -2.28. The number of halogens is 3. The molecule has 0 radical (unpaired) electrons. The van der Waals surface area contributed by atoms with Gasteiger partial charge < -0.3 is 10.6 Å². The molecule has 0 bridgehead atoms. The molecule has 2 rings (SSSR count). The minimum atomic E-state index is -4.29. The van der Waals surface area contributed by atoms with E-state index in [9.17, 15) is 22.8 Å². The predicted molar refractivity (Wildman–Crippen MR) is 99.6 cm³/mol. The second kappa shape index (κ2) is 10.0. The van der Waals surface area contributed by atoms with E-state index in [-0.39, 0.29) is 31.2 Å². The number of rotatable bonds is 8. The highest BCUT2D eigenvalue weighted by atomic mass is 32.2. The van der Waals surface area contributed by atoms with E-state index in [1.54, 1.807) is 18.2 Å². The first-order chi connectivity index (χ1) is 12.8. The Morgan fingerprint density at radius 1 is 0.926 bits per heavy atom. The number of benzene rings is 2. The van der Waals surface area contributed by atoms with E-state index in [4.69, 9.17) is 0 Å². The maximum Gasteiger partial charge on any atom is 0.398 e. The Labute approximate surface area is 159 Å². The van der Waals surface area contributed by atoms with E-state index in [0.717, 1.165) is 5.56 Å². The summed E-state index contributed by atoms with van der Waals surface area (Å²) >= 11 is 0.616. The Hall–Kier alpha value is -2.48. The fourth-order valence-corrected chi connectivity index (χ4v) is 3.00. The van der Waals surface area contributed by atoms with Crippen LogP contribution in [0.15, 0.2) is 59.5 Å². The lowest BCUT2D eigenvalue weighted by Gasteiger charge is -2.12. The van der Waals surface area contributed by atoms with Gasteiger partial charge in [0.05, 0.1) is 17.9 Å². The van der Waals surface area contributed by atoms with Crippen LogP contribution in [0.1, 0.15) is 12.0 Å². The Kier molecular flexibility index (Phi) is 7.72. The first-order valence-corrected chi connectivity index (χ1v) is 9.21. The molecule has 0 aliphatic heterocycles. The molecule has 2 aromatic rings. The topological polar surface area (TPSA) is 58.2 Å². The van der Waals surface area contributed by atoms with Crippen LogP contribution < -0.4 is 10.6 Å². The fraction of sp³-hybridized carbons (Fsp3) is 0.263. The normalized spacial score (nSPS) is 11.1. The first kappa shape index (κ1) is 20.8. The molecule has 27 heavy (non-hydrogen) atoms. The molecule has 2 amide bonds. The van der Waals surface area contributed by atoms with E-state index in [1.807, 2.05) is 30.3 Å². The zero-order chi connectivity index (χ0) is 19.7. The van der Waals surface area contributed by atoms with Gasteiger partial charge in [0.1, 0.15) is 0 Å². The number of carbonyl (C=O) groups is 2. The summed E-state index contributed by atoms with van der Waals surface area (Å²) in [5.74, 6) is -1.61. The van der Waals surface area contributed by atoms with Crippen molar-refractivity contribution in [3.8, 4) is 0 Å². The van der Waals surface area contributed by atoms with Gasteiger partial charge in [0, 0.05) is 17.9 Å². The summed E-state index contributed by atoms with van der Waals surface area (Å²) in [6.07, 6.45) is -4.04. The third-order valence-corrected chi connectivity index (χ3v) is 4.57. The molecule has 0 aliphatic carbocycles. The second-order valence-electron chi connectivity index (χ2n) is 5.71. The molecule has 0 fully saturated rings. The number of nitrogens with one attached hydrogen (secondary N) is 2. The van der Waals surface area contributed by atoms with Gasteiger partial charge in [-0.1, -0.05) is 42.5 Å². The largest absolute Gasteiger partial charge is 0.398 e. The van der Waals surface area contributed by atoms with Gasteiger partial charge in [-0.05, 0) is 17.7 Å². The summed E-state index contributed by atoms with van der Waals surface area (Å²) in [6.45, 7) is 0.148. The molecule has 0 spiro atoms. The molecule has 0 saturated carbocycles. The molecule has 0 heterocycles. The number of anilines is 1. The number of carbonyl (C=O) groups excluding carboxylic acids is 2. The van der Waals surface area contributed by atoms with Gasteiger partial charge in [-0.15, -0.1) is 11.8 Å². The van der Waals surface area contributed by atoms with Crippen LogP contribution in [0.3, 0.4) is 0 Å². The van der Waals surface area contributed by atoms with Crippen LogP contribution in [0.25, 0.3) is 0 Å². The maximum absolute atomic E-state index is 12.4. The van der Waals surface area contributed by atoms with E-state index in [1.165, 1.54) is 6.07 Å². The third kappa shape index (κ3) is 8.17. The molecular formula is C19H19F3N2O2S. The fourth-order valence-electron chi connectivity index (χ4n) is 2.23. The highest BCUT2D eigenvalue weighted by molar-refractivity contribution is 7.99. The SMILES string of the molecule is O=C(Cc1ccccc1)NCCC(=O)Nc1ccccc1SCC(F)(F)F. The molecule has 8 heteroatoms. The smallest absolute Gasteiger partial charge is 0.355 e. The number of hydrogen-bond acceptors (Lipinski definition) is 3. The minimum absolute atomic E-state index is 0.0266. The zero-order valence-electron chi connectivity index (χ0n) is 14.4. The molecule has 0 atom stereocenters. The maximum atomic E-state index is 12.4. The molecule has 4 nitrogen and oxygen atoms in total. The van der Waals surface area contributed by atoms with Gasteiger partial charge >= 0.3 is 6.18 Å². The van der Waals surface area contributed by atoms with Crippen LogP contribution in [0.2, 0.25) is 0 Å². The highest BCUT2D eigenvalue weighted by Crippen LogP contribution is 2.32. The summed E-state index contributed by atoms with van der Waals surface area (Å²) in [5, 5.41) is 5.25. The van der Waals surface area contributed by atoms with Gasteiger partial charge in [-0.25, -0.2) is 0 Å². The van der Waals surface area contributed by atoms with Crippen molar-refractivity contribution >= 4 is 29.3 Å². The molecule has 144 valence electrons. The summed E-state index contributed by atoms with van der Waals surface area (Å²) in [5.41, 5.74) is 1.20. The summed E-state index contributed by atoms with van der Waals surface area (Å²) in [7, 11) is 0. The molecular weight excluding hydrogens is 377 g/mol. The van der Waals surface area contributed by atoms with Crippen LogP contribution in [0, 0.1) is 0 Å². The van der Waals surface area contributed by atoms with Gasteiger partial charge in [0.2, 0.25) is 11.8 Å². The van der Waals surface area contributed by atoms with Crippen LogP contribution in [0.4, 0.5) is 18.9 Å². The zero-order valence-corrected chi connectivity index (χ0v) is 15.2. The quantitative estimate of drug-likeness (QED) is 0.663. The van der Waals surface area contributed by atoms with Crippen molar-refractivity contribution in [2.75, 3.05) is 17.6 Å². The van der Waals surface area contributed by atoms with Crippen molar-refractivity contribution in [3.63, 3.8) is 0 Å². The lowest BCUT2D eigenvalue weighted by molar-refractivity contribution is -0.120. The third-order valence-electron chi connectivity index (χ3n) is 3.43. The first-order valence-electron chi connectivity index (χ1n) is 8.22. The molecule has 0 aliphatic rings.